The maximum atomic E-state index is 12.8. The molecule has 0 saturated heterocycles. The first-order valence-electron chi connectivity index (χ1n) is 8.98. The number of carbonyl (C=O) groups is 2. The van der Waals surface area contributed by atoms with Crippen LogP contribution < -0.4 is 9.62 Å². The van der Waals surface area contributed by atoms with E-state index in [1.807, 2.05) is 0 Å². The van der Waals surface area contributed by atoms with E-state index in [0.717, 1.165) is 10.6 Å². The fraction of sp³-hybridized carbons (Fsp3) is 0.300. The lowest BCUT2D eigenvalue weighted by Crippen LogP contribution is -2.45. The molecule has 0 bridgehead atoms. The van der Waals surface area contributed by atoms with Gasteiger partial charge >= 0.3 is 5.97 Å². The zero-order valence-electron chi connectivity index (χ0n) is 16.9. The smallest absolute Gasteiger partial charge is 0.339 e. The van der Waals surface area contributed by atoms with Gasteiger partial charge in [0.15, 0.2) is 0 Å². The number of anilines is 2. The summed E-state index contributed by atoms with van der Waals surface area (Å²) in [5, 5.41) is 3.07. The molecule has 0 aliphatic rings. The summed E-state index contributed by atoms with van der Waals surface area (Å²) in [6, 6.07) is 8.03. The number of esters is 1. The minimum atomic E-state index is -3.80. The summed E-state index contributed by atoms with van der Waals surface area (Å²) in [6.45, 7) is 5.07. The van der Waals surface area contributed by atoms with Crippen LogP contribution in [0.5, 0.6) is 0 Å². The minimum absolute atomic E-state index is 0.101. The van der Waals surface area contributed by atoms with Crippen LogP contribution in [0.1, 0.15) is 29.8 Å². The van der Waals surface area contributed by atoms with E-state index in [2.05, 4.69) is 5.32 Å². The summed E-state index contributed by atoms with van der Waals surface area (Å²) in [6.07, 6.45) is 1.02. The molecule has 0 spiro atoms. The Bertz CT molecular complexity index is 1070. The Morgan fingerprint density at radius 2 is 1.83 bits per heavy atom. The third kappa shape index (κ3) is 5.65. The van der Waals surface area contributed by atoms with Crippen LogP contribution in [0.15, 0.2) is 36.4 Å². The predicted octanol–water partition coefficient (Wildman–Crippen LogP) is 4.27. The third-order valence-electron chi connectivity index (χ3n) is 4.23. The number of sulfonamides is 1. The van der Waals surface area contributed by atoms with E-state index in [1.165, 1.54) is 31.2 Å². The maximum Gasteiger partial charge on any atom is 0.339 e. The van der Waals surface area contributed by atoms with E-state index in [0.29, 0.717) is 22.0 Å². The molecule has 0 radical (unpaired) electrons. The van der Waals surface area contributed by atoms with E-state index in [-0.39, 0.29) is 17.2 Å². The van der Waals surface area contributed by atoms with E-state index >= 15 is 0 Å². The fourth-order valence-electron chi connectivity index (χ4n) is 2.81. The molecule has 10 heteroatoms. The first-order valence-corrected chi connectivity index (χ1v) is 11.6. The van der Waals surface area contributed by atoms with Gasteiger partial charge in [0.1, 0.15) is 6.04 Å². The molecule has 7 nitrogen and oxygen atoms in total. The van der Waals surface area contributed by atoms with Crippen molar-refractivity contribution in [1.82, 2.24) is 0 Å². The molecule has 0 heterocycles. The summed E-state index contributed by atoms with van der Waals surface area (Å²) in [5.74, 6) is -1.16. The van der Waals surface area contributed by atoms with Crippen LogP contribution in [0.3, 0.4) is 0 Å². The molecule has 1 N–H and O–H groups in total. The van der Waals surface area contributed by atoms with Gasteiger partial charge in [-0.15, -0.1) is 0 Å². The molecule has 1 unspecified atom stereocenters. The Hall–Kier alpha value is -2.29. The lowest BCUT2D eigenvalue weighted by Gasteiger charge is -2.29. The van der Waals surface area contributed by atoms with Crippen molar-refractivity contribution >= 4 is 56.5 Å². The van der Waals surface area contributed by atoms with Gasteiger partial charge in [-0.1, -0.05) is 29.3 Å². The SMILES string of the molecule is CCOC(=O)c1ccc(NC(=O)C(C)N(c2cc(Cl)ccc2C)S(C)(=O)=O)cc1Cl. The zero-order chi connectivity index (χ0) is 22.6. The summed E-state index contributed by atoms with van der Waals surface area (Å²) in [5.41, 5.74) is 1.42. The second-order valence-corrected chi connectivity index (χ2v) is 9.27. The fourth-order valence-corrected chi connectivity index (χ4v) is 4.46. The molecule has 1 amide bonds. The number of hydrogen-bond donors (Lipinski definition) is 1. The second-order valence-electron chi connectivity index (χ2n) is 6.57. The van der Waals surface area contributed by atoms with Gasteiger partial charge in [0.25, 0.3) is 0 Å². The number of nitrogens with zero attached hydrogens (tertiary/aromatic N) is 1. The van der Waals surface area contributed by atoms with Crippen LogP contribution in [0.2, 0.25) is 10.0 Å². The van der Waals surface area contributed by atoms with E-state index < -0.39 is 27.9 Å². The number of hydrogen-bond acceptors (Lipinski definition) is 5. The summed E-state index contributed by atoms with van der Waals surface area (Å²) in [7, 11) is -3.80. The van der Waals surface area contributed by atoms with Gasteiger partial charge in [0.2, 0.25) is 15.9 Å². The molecule has 2 aromatic rings. The maximum absolute atomic E-state index is 12.8. The van der Waals surface area contributed by atoms with Gasteiger partial charge in [-0.25, -0.2) is 13.2 Å². The molecule has 30 heavy (non-hydrogen) atoms. The number of ether oxygens (including phenoxy) is 1. The van der Waals surface area contributed by atoms with Gasteiger partial charge in [0, 0.05) is 10.7 Å². The number of halogens is 2. The molecular formula is C20H22Cl2N2O5S. The predicted molar refractivity (Wildman–Crippen MR) is 119 cm³/mol. The monoisotopic (exact) mass is 472 g/mol. The molecule has 1 atom stereocenters. The second kappa shape index (κ2) is 9.68. The molecule has 0 aliphatic carbocycles. The highest BCUT2D eigenvalue weighted by atomic mass is 35.5. The van der Waals surface area contributed by atoms with Crippen LogP contribution in [-0.4, -0.2) is 39.2 Å². The Labute approximate surface area is 186 Å². The van der Waals surface area contributed by atoms with Crippen molar-refractivity contribution in [2.75, 3.05) is 22.5 Å². The lowest BCUT2D eigenvalue weighted by atomic mass is 10.1. The van der Waals surface area contributed by atoms with Crippen LogP contribution in [0.25, 0.3) is 0 Å². The Kier molecular flexibility index (Phi) is 7.74. The standard InChI is InChI=1S/C20H22Cl2N2O5S/c1-5-29-20(26)16-9-8-15(11-17(16)22)23-19(25)13(3)24(30(4,27)28)18-10-14(21)7-6-12(18)2/h6-11,13H,5H2,1-4H3,(H,23,25). The molecule has 0 aromatic heterocycles. The van der Waals surface area contributed by atoms with Crippen molar-refractivity contribution in [2.24, 2.45) is 0 Å². The Morgan fingerprint density at radius 3 is 2.40 bits per heavy atom. The van der Waals surface area contributed by atoms with E-state index in [1.54, 1.807) is 26.0 Å². The van der Waals surface area contributed by atoms with Crippen molar-refractivity contribution in [1.29, 1.82) is 0 Å². The molecule has 0 fully saturated rings. The molecule has 2 rings (SSSR count). The van der Waals surface area contributed by atoms with E-state index in [4.69, 9.17) is 27.9 Å². The summed E-state index contributed by atoms with van der Waals surface area (Å²) >= 11 is 12.1. The van der Waals surface area contributed by atoms with Crippen molar-refractivity contribution in [2.45, 2.75) is 26.8 Å². The quantitative estimate of drug-likeness (QED) is 0.607. The van der Waals surface area contributed by atoms with Crippen molar-refractivity contribution in [3.8, 4) is 0 Å². The Morgan fingerprint density at radius 1 is 1.17 bits per heavy atom. The van der Waals surface area contributed by atoms with Gasteiger partial charge in [-0.3, -0.25) is 9.10 Å². The van der Waals surface area contributed by atoms with Gasteiger partial charge in [-0.05, 0) is 56.7 Å². The summed E-state index contributed by atoms with van der Waals surface area (Å²) < 4.78 is 30.8. The van der Waals surface area contributed by atoms with E-state index in [9.17, 15) is 18.0 Å². The number of benzene rings is 2. The van der Waals surface area contributed by atoms with Crippen molar-refractivity contribution < 1.29 is 22.7 Å². The van der Waals surface area contributed by atoms with Gasteiger partial charge in [0.05, 0.1) is 29.1 Å². The average Bonchev–Trinajstić information content (AvgIpc) is 2.63. The highest BCUT2D eigenvalue weighted by Gasteiger charge is 2.30. The topological polar surface area (TPSA) is 92.8 Å². The third-order valence-corrected chi connectivity index (χ3v) is 6.00. The largest absolute Gasteiger partial charge is 0.462 e. The molecule has 0 aliphatic heterocycles. The lowest BCUT2D eigenvalue weighted by molar-refractivity contribution is -0.116. The first-order chi connectivity index (χ1) is 14.0. The van der Waals surface area contributed by atoms with Gasteiger partial charge in [-0.2, -0.15) is 0 Å². The van der Waals surface area contributed by atoms with Crippen LogP contribution in [0, 0.1) is 6.92 Å². The number of aryl methyl sites for hydroxylation is 1. The average molecular weight is 473 g/mol. The van der Waals surface area contributed by atoms with Crippen LogP contribution in [-0.2, 0) is 19.6 Å². The summed E-state index contributed by atoms with van der Waals surface area (Å²) in [4.78, 5) is 24.7. The molecule has 2 aromatic carbocycles. The Balaban J connectivity index is 2.31. The number of nitrogens with one attached hydrogen (secondary N) is 1. The van der Waals surface area contributed by atoms with Crippen LogP contribution in [0.4, 0.5) is 11.4 Å². The van der Waals surface area contributed by atoms with Crippen LogP contribution >= 0.6 is 23.2 Å². The van der Waals surface area contributed by atoms with Gasteiger partial charge < -0.3 is 10.1 Å². The molecular weight excluding hydrogens is 451 g/mol. The molecule has 162 valence electrons. The normalized spacial score (nSPS) is 12.2. The highest BCUT2D eigenvalue weighted by molar-refractivity contribution is 7.92. The number of amides is 1. The van der Waals surface area contributed by atoms with Crippen molar-refractivity contribution in [3.05, 3.63) is 57.6 Å². The first kappa shape index (κ1) is 24.0. The molecule has 0 saturated carbocycles. The zero-order valence-corrected chi connectivity index (χ0v) is 19.2. The van der Waals surface area contributed by atoms with Crippen molar-refractivity contribution in [3.63, 3.8) is 0 Å². The number of rotatable bonds is 7. The minimum Gasteiger partial charge on any atom is -0.462 e. The highest BCUT2D eigenvalue weighted by Crippen LogP contribution is 2.29. The number of carbonyl (C=O) groups excluding carboxylic acids is 2.